The number of ether oxygens (including phenoxy) is 2. The Kier molecular flexibility index (Phi) is 4.55. The second-order valence-electron chi connectivity index (χ2n) is 5.39. The maximum atomic E-state index is 13.1. The van der Waals surface area contributed by atoms with Crippen molar-refractivity contribution in [2.45, 2.75) is 38.5 Å². The number of halogens is 4. The van der Waals surface area contributed by atoms with Crippen LogP contribution in [0.1, 0.15) is 25.0 Å². The zero-order chi connectivity index (χ0) is 15.7. The Morgan fingerprint density at radius 3 is 2.62 bits per heavy atom. The lowest BCUT2D eigenvalue weighted by molar-refractivity contribution is -0.140. The summed E-state index contributed by atoms with van der Waals surface area (Å²) in [5, 5.41) is 2.98. The minimum absolute atomic E-state index is 0.150. The topological polar surface area (TPSA) is 30.5 Å². The SMILES string of the molecule is CC1(C)OCC(CNCc2ccc(F)c(C(F)(F)F)c2)O1. The Labute approximate surface area is 120 Å². The van der Waals surface area contributed by atoms with Crippen LogP contribution in [0.15, 0.2) is 18.2 Å². The Bertz CT molecular complexity index is 502. The van der Waals surface area contributed by atoms with Gasteiger partial charge in [-0.3, -0.25) is 0 Å². The number of benzene rings is 1. The fourth-order valence-corrected chi connectivity index (χ4v) is 2.14. The number of rotatable bonds is 4. The quantitative estimate of drug-likeness (QED) is 0.867. The first kappa shape index (κ1) is 16.2. The Balaban J connectivity index is 1.89. The van der Waals surface area contributed by atoms with Crippen molar-refractivity contribution in [2.24, 2.45) is 0 Å². The van der Waals surface area contributed by atoms with E-state index in [0.717, 1.165) is 12.1 Å². The summed E-state index contributed by atoms with van der Waals surface area (Å²) in [5.41, 5.74) is -0.884. The Morgan fingerprint density at radius 1 is 1.33 bits per heavy atom. The predicted molar refractivity (Wildman–Crippen MR) is 68.0 cm³/mol. The van der Waals surface area contributed by atoms with Crippen LogP contribution in [0, 0.1) is 5.82 Å². The summed E-state index contributed by atoms with van der Waals surface area (Å²) in [6.45, 7) is 4.66. The molecule has 1 atom stereocenters. The third-order valence-electron chi connectivity index (χ3n) is 3.10. The van der Waals surface area contributed by atoms with Gasteiger partial charge in [-0.15, -0.1) is 0 Å². The second kappa shape index (κ2) is 5.90. The van der Waals surface area contributed by atoms with Crippen LogP contribution in [-0.4, -0.2) is 25.0 Å². The molecule has 2 rings (SSSR count). The molecule has 0 saturated carbocycles. The highest BCUT2D eigenvalue weighted by molar-refractivity contribution is 5.27. The van der Waals surface area contributed by atoms with Crippen molar-refractivity contribution in [3.05, 3.63) is 35.1 Å². The van der Waals surface area contributed by atoms with Crippen LogP contribution in [0.2, 0.25) is 0 Å². The number of nitrogens with one attached hydrogen (secondary N) is 1. The molecule has 1 saturated heterocycles. The van der Waals surface area contributed by atoms with Gasteiger partial charge in [0.25, 0.3) is 0 Å². The molecule has 1 N–H and O–H groups in total. The summed E-state index contributed by atoms with van der Waals surface area (Å²) in [5.74, 6) is -1.90. The van der Waals surface area contributed by atoms with Crippen LogP contribution in [0.3, 0.4) is 0 Å². The van der Waals surface area contributed by atoms with E-state index in [-0.39, 0.29) is 12.6 Å². The molecule has 7 heteroatoms. The van der Waals surface area contributed by atoms with Crippen molar-refractivity contribution in [2.75, 3.05) is 13.2 Å². The van der Waals surface area contributed by atoms with Gasteiger partial charge in [-0.2, -0.15) is 13.2 Å². The van der Waals surface area contributed by atoms with Gasteiger partial charge in [0, 0.05) is 13.1 Å². The number of hydrogen-bond donors (Lipinski definition) is 1. The number of hydrogen-bond acceptors (Lipinski definition) is 3. The molecular weight excluding hydrogens is 290 g/mol. The molecule has 0 radical (unpaired) electrons. The van der Waals surface area contributed by atoms with E-state index in [9.17, 15) is 17.6 Å². The summed E-state index contributed by atoms with van der Waals surface area (Å²) >= 11 is 0. The van der Waals surface area contributed by atoms with E-state index in [2.05, 4.69) is 5.32 Å². The van der Waals surface area contributed by atoms with Gasteiger partial charge in [-0.25, -0.2) is 4.39 Å². The summed E-state index contributed by atoms with van der Waals surface area (Å²) in [4.78, 5) is 0. The smallest absolute Gasteiger partial charge is 0.348 e. The Hall–Kier alpha value is -1.18. The van der Waals surface area contributed by atoms with Gasteiger partial charge in [-0.05, 0) is 31.5 Å². The van der Waals surface area contributed by atoms with Gasteiger partial charge in [0.2, 0.25) is 0 Å². The molecular formula is C14H17F4NO2. The van der Waals surface area contributed by atoms with E-state index < -0.39 is 23.3 Å². The molecule has 0 spiro atoms. The fraction of sp³-hybridized carbons (Fsp3) is 0.571. The summed E-state index contributed by atoms with van der Waals surface area (Å²) in [6.07, 6.45) is -4.84. The second-order valence-corrected chi connectivity index (χ2v) is 5.39. The molecule has 1 aromatic carbocycles. The highest BCUT2D eigenvalue weighted by Crippen LogP contribution is 2.31. The highest BCUT2D eigenvalue weighted by atomic mass is 19.4. The van der Waals surface area contributed by atoms with E-state index in [1.165, 1.54) is 6.07 Å². The first-order valence-electron chi connectivity index (χ1n) is 6.55. The van der Waals surface area contributed by atoms with Gasteiger partial charge in [0.1, 0.15) is 5.82 Å². The zero-order valence-corrected chi connectivity index (χ0v) is 11.8. The average molecular weight is 307 g/mol. The molecule has 1 aliphatic heterocycles. The van der Waals surface area contributed by atoms with Crippen molar-refractivity contribution in [1.29, 1.82) is 0 Å². The van der Waals surface area contributed by atoms with Crippen molar-refractivity contribution in [1.82, 2.24) is 5.32 Å². The molecule has 118 valence electrons. The predicted octanol–water partition coefficient (Wildman–Crippen LogP) is 3.09. The van der Waals surface area contributed by atoms with Crippen molar-refractivity contribution in [3.8, 4) is 0 Å². The normalized spacial score (nSPS) is 21.7. The Morgan fingerprint density at radius 2 is 2.05 bits per heavy atom. The lowest BCUT2D eigenvalue weighted by Gasteiger charge is -2.17. The monoisotopic (exact) mass is 307 g/mol. The molecule has 1 unspecified atom stereocenters. The van der Waals surface area contributed by atoms with Gasteiger partial charge >= 0.3 is 6.18 Å². The minimum atomic E-state index is -4.69. The molecule has 0 amide bonds. The van der Waals surface area contributed by atoms with Crippen LogP contribution in [0.5, 0.6) is 0 Å². The minimum Gasteiger partial charge on any atom is -0.348 e. The van der Waals surface area contributed by atoms with E-state index in [4.69, 9.17) is 9.47 Å². The van der Waals surface area contributed by atoms with E-state index in [1.54, 1.807) is 13.8 Å². The van der Waals surface area contributed by atoms with Gasteiger partial charge in [-0.1, -0.05) is 6.07 Å². The maximum Gasteiger partial charge on any atom is 0.419 e. The third-order valence-corrected chi connectivity index (χ3v) is 3.10. The molecule has 1 heterocycles. The van der Waals surface area contributed by atoms with Crippen LogP contribution >= 0.6 is 0 Å². The average Bonchev–Trinajstić information content (AvgIpc) is 2.70. The van der Waals surface area contributed by atoms with Crippen molar-refractivity contribution in [3.63, 3.8) is 0 Å². The molecule has 0 aliphatic carbocycles. The molecule has 0 aromatic heterocycles. The van der Waals surface area contributed by atoms with Crippen molar-refractivity contribution >= 4 is 0 Å². The summed E-state index contributed by atoms with van der Waals surface area (Å²) < 4.78 is 61.8. The van der Waals surface area contributed by atoms with E-state index in [0.29, 0.717) is 18.7 Å². The molecule has 0 bridgehead atoms. The molecule has 1 aliphatic rings. The molecule has 3 nitrogen and oxygen atoms in total. The van der Waals surface area contributed by atoms with Gasteiger partial charge < -0.3 is 14.8 Å². The molecule has 1 fully saturated rings. The third kappa shape index (κ3) is 4.39. The molecule has 21 heavy (non-hydrogen) atoms. The molecule has 1 aromatic rings. The largest absolute Gasteiger partial charge is 0.419 e. The van der Waals surface area contributed by atoms with Gasteiger partial charge in [0.15, 0.2) is 5.79 Å². The fourth-order valence-electron chi connectivity index (χ4n) is 2.14. The number of alkyl halides is 3. The maximum absolute atomic E-state index is 13.1. The first-order valence-corrected chi connectivity index (χ1v) is 6.55. The standard InChI is InChI=1S/C14H17F4NO2/c1-13(2)20-8-10(21-13)7-19-6-9-3-4-12(15)11(5-9)14(16,17)18/h3-5,10,19H,6-8H2,1-2H3. The lowest BCUT2D eigenvalue weighted by atomic mass is 10.1. The van der Waals surface area contributed by atoms with Crippen LogP contribution in [0.4, 0.5) is 17.6 Å². The first-order chi connectivity index (χ1) is 9.67. The zero-order valence-electron chi connectivity index (χ0n) is 11.8. The summed E-state index contributed by atoms with van der Waals surface area (Å²) in [7, 11) is 0. The highest BCUT2D eigenvalue weighted by Gasteiger charge is 2.34. The van der Waals surface area contributed by atoms with Crippen LogP contribution in [0.25, 0.3) is 0 Å². The summed E-state index contributed by atoms with van der Waals surface area (Å²) in [6, 6.07) is 2.98. The van der Waals surface area contributed by atoms with Crippen LogP contribution in [-0.2, 0) is 22.2 Å². The lowest BCUT2D eigenvalue weighted by Crippen LogP contribution is -2.30. The van der Waals surface area contributed by atoms with Gasteiger partial charge in [0.05, 0.1) is 18.3 Å². The van der Waals surface area contributed by atoms with E-state index in [1.807, 2.05) is 0 Å². The van der Waals surface area contributed by atoms with Crippen molar-refractivity contribution < 1.29 is 27.0 Å². The van der Waals surface area contributed by atoms with E-state index >= 15 is 0 Å². The van der Waals surface area contributed by atoms with Crippen LogP contribution < -0.4 is 5.32 Å².